The molecule has 0 saturated carbocycles. The average Bonchev–Trinajstić information content (AvgIpc) is 2.54. The van der Waals surface area contributed by atoms with Crippen LogP contribution in [0.4, 0.5) is 5.69 Å². The van der Waals surface area contributed by atoms with E-state index in [9.17, 15) is 9.90 Å². The molecule has 1 aliphatic heterocycles. The first kappa shape index (κ1) is 12.1. The maximum atomic E-state index is 11.6. The molecule has 0 aromatic heterocycles. The Hall–Kier alpha value is -1.39. The second kappa shape index (κ2) is 4.13. The third-order valence-electron chi connectivity index (χ3n) is 3.30. The number of likely N-dealkylation sites (N-methyl/N-ethyl adjacent to an activating group) is 2. The van der Waals surface area contributed by atoms with Crippen LogP contribution in [0.5, 0.6) is 0 Å². The molecule has 0 saturated heterocycles. The van der Waals surface area contributed by atoms with Crippen molar-refractivity contribution in [3.63, 3.8) is 0 Å². The van der Waals surface area contributed by atoms with Gasteiger partial charge in [0, 0.05) is 19.3 Å². The molecule has 0 spiro atoms. The fourth-order valence-corrected chi connectivity index (χ4v) is 2.25. The third-order valence-corrected chi connectivity index (χ3v) is 3.30. The molecule has 0 radical (unpaired) electrons. The summed E-state index contributed by atoms with van der Waals surface area (Å²) in [5, 5.41) is 13.3. The summed E-state index contributed by atoms with van der Waals surface area (Å²) < 4.78 is 0. The number of benzene rings is 1. The number of nitrogens with zero attached hydrogens (tertiary/aromatic N) is 1. The van der Waals surface area contributed by atoms with Crippen molar-refractivity contribution >= 4 is 11.6 Å². The molecular formula is C13H18N2O2. The van der Waals surface area contributed by atoms with E-state index in [0.29, 0.717) is 13.0 Å². The van der Waals surface area contributed by atoms with Gasteiger partial charge in [0.05, 0.1) is 12.0 Å². The first-order chi connectivity index (χ1) is 7.95. The van der Waals surface area contributed by atoms with E-state index in [1.165, 1.54) is 0 Å². The zero-order valence-corrected chi connectivity index (χ0v) is 10.4. The van der Waals surface area contributed by atoms with Gasteiger partial charge in [0.15, 0.2) is 0 Å². The lowest BCUT2D eigenvalue weighted by molar-refractivity contribution is -0.117. The molecule has 0 aliphatic carbocycles. The molecule has 1 atom stereocenters. The van der Waals surface area contributed by atoms with Gasteiger partial charge in [-0.1, -0.05) is 12.1 Å². The van der Waals surface area contributed by atoms with Crippen LogP contribution in [0, 0.1) is 0 Å². The van der Waals surface area contributed by atoms with Crippen LogP contribution < -0.4 is 10.2 Å². The number of nitrogens with one attached hydrogen (secondary N) is 1. The van der Waals surface area contributed by atoms with Gasteiger partial charge in [-0.15, -0.1) is 0 Å². The molecule has 1 amide bonds. The predicted molar refractivity (Wildman–Crippen MR) is 67.1 cm³/mol. The highest BCUT2D eigenvalue weighted by Gasteiger charge is 2.28. The molecule has 2 rings (SSSR count). The summed E-state index contributed by atoms with van der Waals surface area (Å²) in [6.07, 6.45) is 0.426. The Morgan fingerprint density at radius 3 is 2.88 bits per heavy atom. The van der Waals surface area contributed by atoms with Gasteiger partial charge in [-0.3, -0.25) is 4.79 Å². The van der Waals surface area contributed by atoms with E-state index in [1.807, 2.05) is 18.2 Å². The van der Waals surface area contributed by atoms with Crippen molar-refractivity contribution in [3.05, 3.63) is 29.3 Å². The number of anilines is 1. The van der Waals surface area contributed by atoms with Gasteiger partial charge < -0.3 is 15.3 Å². The van der Waals surface area contributed by atoms with Crippen LogP contribution in [-0.4, -0.2) is 31.7 Å². The minimum Gasteiger partial charge on any atom is -0.384 e. The van der Waals surface area contributed by atoms with Crippen LogP contribution in [0.2, 0.25) is 0 Å². The van der Waals surface area contributed by atoms with Crippen molar-refractivity contribution in [2.24, 2.45) is 0 Å². The number of hydrogen-bond acceptors (Lipinski definition) is 3. The van der Waals surface area contributed by atoms with E-state index in [1.54, 1.807) is 25.9 Å². The van der Waals surface area contributed by atoms with Crippen LogP contribution in [-0.2, 0) is 16.8 Å². The summed E-state index contributed by atoms with van der Waals surface area (Å²) in [5.74, 6) is 0.102. The molecule has 1 unspecified atom stereocenters. The van der Waals surface area contributed by atoms with Crippen LogP contribution in [0.3, 0.4) is 0 Å². The molecule has 17 heavy (non-hydrogen) atoms. The zero-order valence-electron chi connectivity index (χ0n) is 10.4. The lowest BCUT2D eigenvalue weighted by Gasteiger charge is -2.24. The fraction of sp³-hybridized carbons (Fsp3) is 0.462. The molecule has 1 heterocycles. The number of carbonyl (C=O) groups excluding carboxylic acids is 1. The number of carbonyl (C=O) groups is 1. The number of hydrogen-bond donors (Lipinski definition) is 2. The van der Waals surface area contributed by atoms with Gasteiger partial charge in [-0.05, 0) is 31.2 Å². The maximum absolute atomic E-state index is 11.6. The summed E-state index contributed by atoms with van der Waals surface area (Å²) in [6, 6.07) is 5.71. The number of aliphatic hydroxyl groups is 1. The highest BCUT2D eigenvalue weighted by molar-refractivity contribution is 6.00. The largest absolute Gasteiger partial charge is 0.384 e. The Morgan fingerprint density at radius 2 is 2.24 bits per heavy atom. The summed E-state index contributed by atoms with van der Waals surface area (Å²) in [4.78, 5) is 13.2. The molecule has 1 aliphatic rings. The van der Waals surface area contributed by atoms with Crippen molar-refractivity contribution in [1.29, 1.82) is 0 Å². The maximum Gasteiger partial charge on any atom is 0.231 e. The SMILES string of the molecule is CNCC(C)(O)c1ccc2c(c1)CC(=O)N2C. The van der Waals surface area contributed by atoms with Gasteiger partial charge in [0.25, 0.3) is 0 Å². The minimum atomic E-state index is -0.909. The van der Waals surface area contributed by atoms with Crippen molar-refractivity contribution in [3.8, 4) is 0 Å². The van der Waals surface area contributed by atoms with Crippen molar-refractivity contribution in [2.75, 3.05) is 25.5 Å². The fourth-order valence-electron chi connectivity index (χ4n) is 2.25. The highest BCUT2D eigenvalue weighted by Crippen LogP contribution is 2.31. The molecule has 0 fully saturated rings. The van der Waals surface area contributed by atoms with Crippen LogP contribution in [0.1, 0.15) is 18.1 Å². The normalized spacial score (nSPS) is 18.1. The Kier molecular flexibility index (Phi) is 2.93. The van der Waals surface area contributed by atoms with E-state index >= 15 is 0 Å². The third kappa shape index (κ3) is 2.06. The molecule has 92 valence electrons. The van der Waals surface area contributed by atoms with E-state index < -0.39 is 5.60 Å². The van der Waals surface area contributed by atoms with E-state index in [4.69, 9.17) is 0 Å². The minimum absolute atomic E-state index is 0.102. The highest BCUT2D eigenvalue weighted by atomic mass is 16.3. The van der Waals surface area contributed by atoms with Gasteiger partial charge in [0.2, 0.25) is 5.91 Å². The quantitative estimate of drug-likeness (QED) is 0.806. The van der Waals surface area contributed by atoms with Crippen LogP contribution >= 0.6 is 0 Å². The predicted octanol–water partition coefficient (Wildman–Crippen LogP) is 0.632. The number of rotatable bonds is 3. The second-order valence-corrected chi connectivity index (χ2v) is 4.78. The summed E-state index contributed by atoms with van der Waals surface area (Å²) in [6.45, 7) is 2.25. The molecular weight excluding hydrogens is 216 g/mol. The molecule has 4 nitrogen and oxygen atoms in total. The van der Waals surface area contributed by atoms with Gasteiger partial charge >= 0.3 is 0 Å². The number of amides is 1. The van der Waals surface area contributed by atoms with Crippen molar-refractivity contribution in [2.45, 2.75) is 18.9 Å². The molecule has 2 N–H and O–H groups in total. The van der Waals surface area contributed by atoms with E-state index in [-0.39, 0.29) is 5.91 Å². The van der Waals surface area contributed by atoms with E-state index in [0.717, 1.165) is 16.8 Å². The van der Waals surface area contributed by atoms with E-state index in [2.05, 4.69) is 5.32 Å². The van der Waals surface area contributed by atoms with Gasteiger partial charge in [-0.2, -0.15) is 0 Å². The lowest BCUT2D eigenvalue weighted by Crippen LogP contribution is -2.33. The molecule has 1 aromatic rings. The first-order valence-electron chi connectivity index (χ1n) is 5.72. The summed E-state index contributed by atoms with van der Waals surface area (Å²) in [7, 11) is 3.58. The van der Waals surface area contributed by atoms with Crippen molar-refractivity contribution < 1.29 is 9.90 Å². The van der Waals surface area contributed by atoms with Crippen LogP contribution in [0.15, 0.2) is 18.2 Å². The Balaban J connectivity index is 2.36. The average molecular weight is 234 g/mol. The molecule has 1 aromatic carbocycles. The van der Waals surface area contributed by atoms with Crippen molar-refractivity contribution in [1.82, 2.24) is 5.32 Å². The Morgan fingerprint density at radius 1 is 1.53 bits per heavy atom. The Bertz CT molecular complexity index is 455. The van der Waals surface area contributed by atoms with Crippen LogP contribution in [0.25, 0.3) is 0 Å². The Labute approximate surface area is 101 Å². The summed E-state index contributed by atoms with van der Waals surface area (Å²) >= 11 is 0. The smallest absolute Gasteiger partial charge is 0.231 e. The topological polar surface area (TPSA) is 52.6 Å². The number of fused-ring (bicyclic) bond motifs is 1. The molecule has 0 bridgehead atoms. The zero-order chi connectivity index (χ0) is 12.6. The van der Waals surface area contributed by atoms with Gasteiger partial charge in [0.1, 0.15) is 0 Å². The lowest BCUT2D eigenvalue weighted by atomic mass is 9.93. The monoisotopic (exact) mass is 234 g/mol. The second-order valence-electron chi connectivity index (χ2n) is 4.78. The summed E-state index contributed by atoms with van der Waals surface area (Å²) in [5.41, 5.74) is 1.87. The standard InChI is InChI=1S/C13H18N2O2/c1-13(17,8-14-2)10-4-5-11-9(6-10)7-12(16)15(11)3/h4-6,14,17H,7-8H2,1-3H3. The van der Waals surface area contributed by atoms with Gasteiger partial charge in [-0.25, -0.2) is 0 Å². The molecule has 4 heteroatoms. The first-order valence-corrected chi connectivity index (χ1v) is 5.72.